The number of hydrogen-bond acceptors (Lipinski definition) is 8. The van der Waals surface area contributed by atoms with Crippen LogP contribution in [-0.2, 0) is 30.8 Å². The highest BCUT2D eigenvalue weighted by atomic mass is 32.2. The molecule has 1 atom stereocenters. The minimum absolute atomic E-state index is 0.121. The Labute approximate surface area is 205 Å². The number of ether oxygens (including phenoxy) is 1. The summed E-state index contributed by atoms with van der Waals surface area (Å²) in [5.41, 5.74) is 1.88. The number of carbonyl (C=O) groups excluding carboxylic acids is 2. The predicted octanol–water partition coefficient (Wildman–Crippen LogP) is 3.52. The van der Waals surface area contributed by atoms with Gasteiger partial charge in [0.1, 0.15) is 4.21 Å². The van der Waals surface area contributed by atoms with Crippen LogP contribution in [0.25, 0.3) is 0 Å². The minimum atomic E-state index is -3.82. The standard InChI is InChI=1S/C23H21N3O7S2/c27-21(24-17-7-9-18(10-8-17)26(29)30)15-33-22(28)14-20-19-5-2-1-4-16(19)11-12-25(20)35(31,32)23-6-3-13-34-23/h1-10,13,20H,11-12,14-15H2,(H,24,27)/t20-/m1/s1. The van der Waals surface area contributed by atoms with E-state index in [0.717, 1.165) is 22.5 Å². The summed E-state index contributed by atoms with van der Waals surface area (Å²) in [5.74, 6) is -1.35. The Bertz CT molecular complexity index is 1340. The molecule has 0 aliphatic carbocycles. The Balaban J connectivity index is 1.44. The van der Waals surface area contributed by atoms with Gasteiger partial charge in [0.25, 0.3) is 21.6 Å². The van der Waals surface area contributed by atoms with Crippen molar-refractivity contribution < 1.29 is 27.7 Å². The van der Waals surface area contributed by atoms with Crippen molar-refractivity contribution in [2.75, 3.05) is 18.5 Å². The molecule has 0 saturated carbocycles. The number of carbonyl (C=O) groups is 2. The van der Waals surface area contributed by atoms with Gasteiger partial charge in [0.15, 0.2) is 6.61 Å². The first-order valence-electron chi connectivity index (χ1n) is 10.6. The van der Waals surface area contributed by atoms with Crippen molar-refractivity contribution in [1.82, 2.24) is 4.31 Å². The first-order chi connectivity index (χ1) is 16.8. The fourth-order valence-electron chi connectivity index (χ4n) is 3.88. The lowest BCUT2D eigenvalue weighted by Gasteiger charge is -2.35. The topological polar surface area (TPSA) is 136 Å². The molecule has 2 aromatic carbocycles. The van der Waals surface area contributed by atoms with Crippen molar-refractivity contribution in [1.29, 1.82) is 0 Å². The van der Waals surface area contributed by atoms with Crippen LogP contribution in [0, 0.1) is 10.1 Å². The molecular formula is C23H21N3O7S2. The summed E-state index contributed by atoms with van der Waals surface area (Å²) < 4.78 is 33.2. The van der Waals surface area contributed by atoms with Crippen LogP contribution in [0.2, 0.25) is 0 Å². The molecule has 0 unspecified atom stereocenters. The Morgan fingerprint density at radius 2 is 1.86 bits per heavy atom. The molecule has 10 nitrogen and oxygen atoms in total. The number of nitrogens with zero attached hydrogens (tertiary/aromatic N) is 2. The molecule has 3 aromatic rings. The molecule has 12 heteroatoms. The van der Waals surface area contributed by atoms with Crippen molar-refractivity contribution in [3.8, 4) is 0 Å². The average Bonchev–Trinajstić information content (AvgIpc) is 3.39. The van der Waals surface area contributed by atoms with Crippen LogP contribution >= 0.6 is 11.3 Å². The third-order valence-electron chi connectivity index (χ3n) is 5.51. The van der Waals surface area contributed by atoms with Crippen molar-refractivity contribution in [3.05, 3.63) is 87.3 Å². The molecule has 1 amide bonds. The number of thiophene rings is 1. The average molecular weight is 516 g/mol. The summed E-state index contributed by atoms with van der Waals surface area (Å²) in [6.45, 7) is -0.363. The second kappa shape index (κ2) is 10.3. The fraction of sp³-hybridized carbons (Fsp3) is 0.217. The highest BCUT2D eigenvalue weighted by Gasteiger charge is 2.38. The molecule has 4 rings (SSSR count). The van der Waals surface area contributed by atoms with Gasteiger partial charge in [-0.2, -0.15) is 4.31 Å². The molecule has 1 aliphatic rings. The fourth-order valence-corrected chi connectivity index (χ4v) is 6.61. The zero-order valence-corrected chi connectivity index (χ0v) is 20.0. The SMILES string of the molecule is O=C(COC(=O)C[C@@H]1c2ccccc2CCN1S(=O)(=O)c1cccs1)Nc1ccc([N+](=O)[O-])cc1. The second-order valence-corrected chi connectivity index (χ2v) is 10.8. The molecule has 1 aliphatic heterocycles. The molecule has 1 N–H and O–H groups in total. The lowest BCUT2D eigenvalue weighted by atomic mass is 9.92. The monoisotopic (exact) mass is 515 g/mol. The zero-order chi connectivity index (χ0) is 25.0. The highest BCUT2D eigenvalue weighted by molar-refractivity contribution is 7.91. The molecule has 35 heavy (non-hydrogen) atoms. The van der Waals surface area contributed by atoms with Gasteiger partial charge in [0, 0.05) is 24.4 Å². The van der Waals surface area contributed by atoms with Gasteiger partial charge in [0.2, 0.25) is 0 Å². The summed E-state index contributed by atoms with van der Waals surface area (Å²) in [6, 6.07) is 15.0. The molecule has 0 radical (unpaired) electrons. The number of esters is 1. The molecule has 1 aromatic heterocycles. The van der Waals surface area contributed by atoms with Crippen LogP contribution in [0.1, 0.15) is 23.6 Å². The van der Waals surface area contributed by atoms with E-state index in [-0.39, 0.29) is 22.9 Å². The van der Waals surface area contributed by atoms with Gasteiger partial charge < -0.3 is 10.1 Å². The van der Waals surface area contributed by atoms with Crippen LogP contribution in [0.3, 0.4) is 0 Å². The van der Waals surface area contributed by atoms with Crippen LogP contribution in [-0.4, -0.2) is 42.7 Å². The number of rotatable bonds is 8. The van der Waals surface area contributed by atoms with Gasteiger partial charge in [0.05, 0.1) is 17.4 Å². The maximum atomic E-state index is 13.3. The number of hydrogen-bond donors (Lipinski definition) is 1. The molecule has 0 fully saturated rings. The maximum absolute atomic E-state index is 13.3. The van der Waals surface area contributed by atoms with E-state index < -0.39 is 39.5 Å². The van der Waals surface area contributed by atoms with Crippen LogP contribution in [0.5, 0.6) is 0 Å². The number of anilines is 1. The van der Waals surface area contributed by atoms with Gasteiger partial charge in [-0.25, -0.2) is 8.42 Å². The summed E-state index contributed by atoms with van der Waals surface area (Å²) in [6.07, 6.45) is 0.260. The Morgan fingerprint density at radius 3 is 2.54 bits per heavy atom. The van der Waals surface area contributed by atoms with Gasteiger partial charge in [-0.05, 0) is 41.1 Å². The summed E-state index contributed by atoms with van der Waals surface area (Å²) >= 11 is 1.11. The number of sulfonamides is 1. The van der Waals surface area contributed by atoms with Gasteiger partial charge in [-0.1, -0.05) is 30.3 Å². The van der Waals surface area contributed by atoms with E-state index in [0.29, 0.717) is 12.1 Å². The molecule has 2 heterocycles. The quantitative estimate of drug-likeness (QED) is 0.275. The van der Waals surface area contributed by atoms with Gasteiger partial charge >= 0.3 is 5.97 Å². The predicted molar refractivity (Wildman–Crippen MR) is 128 cm³/mol. The first kappa shape index (κ1) is 24.5. The normalized spacial score (nSPS) is 15.7. The van der Waals surface area contributed by atoms with E-state index >= 15 is 0 Å². The summed E-state index contributed by atoms with van der Waals surface area (Å²) in [4.78, 5) is 35.0. The van der Waals surface area contributed by atoms with Crippen LogP contribution in [0.15, 0.2) is 70.3 Å². The van der Waals surface area contributed by atoms with E-state index in [2.05, 4.69) is 5.32 Å². The summed E-state index contributed by atoms with van der Waals surface area (Å²) in [7, 11) is -3.82. The number of nitro benzene ring substituents is 1. The molecule has 0 bridgehead atoms. The first-order valence-corrected chi connectivity index (χ1v) is 12.9. The molecular weight excluding hydrogens is 494 g/mol. The van der Waals surface area contributed by atoms with Gasteiger partial charge in [-0.3, -0.25) is 19.7 Å². The largest absolute Gasteiger partial charge is 0.456 e. The molecule has 0 saturated heterocycles. The third kappa shape index (κ3) is 5.56. The molecule has 182 valence electrons. The van der Waals surface area contributed by atoms with Crippen molar-refractivity contribution in [2.45, 2.75) is 23.1 Å². The lowest BCUT2D eigenvalue weighted by Crippen LogP contribution is -2.41. The highest BCUT2D eigenvalue weighted by Crippen LogP contribution is 2.37. The number of nitrogens with one attached hydrogen (secondary N) is 1. The van der Waals surface area contributed by atoms with Crippen molar-refractivity contribution >= 4 is 44.6 Å². The second-order valence-electron chi connectivity index (χ2n) is 7.73. The number of nitro groups is 1. The van der Waals surface area contributed by atoms with E-state index in [1.165, 1.54) is 34.6 Å². The van der Waals surface area contributed by atoms with Crippen LogP contribution in [0.4, 0.5) is 11.4 Å². The third-order valence-corrected chi connectivity index (χ3v) is 8.79. The maximum Gasteiger partial charge on any atom is 0.308 e. The van der Waals surface area contributed by atoms with Gasteiger partial charge in [-0.15, -0.1) is 11.3 Å². The molecule has 0 spiro atoms. The van der Waals surface area contributed by atoms with E-state index in [4.69, 9.17) is 4.74 Å². The number of benzene rings is 2. The Kier molecular flexibility index (Phi) is 7.24. The minimum Gasteiger partial charge on any atom is -0.456 e. The Morgan fingerprint density at radius 1 is 1.11 bits per heavy atom. The van der Waals surface area contributed by atoms with Crippen molar-refractivity contribution in [3.63, 3.8) is 0 Å². The number of amides is 1. The smallest absolute Gasteiger partial charge is 0.308 e. The van der Waals surface area contributed by atoms with Crippen molar-refractivity contribution in [2.24, 2.45) is 0 Å². The van der Waals surface area contributed by atoms with E-state index in [9.17, 15) is 28.1 Å². The van der Waals surface area contributed by atoms with Crippen LogP contribution < -0.4 is 5.32 Å². The lowest BCUT2D eigenvalue weighted by molar-refractivity contribution is -0.384. The zero-order valence-electron chi connectivity index (χ0n) is 18.3. The summed E-state index contributed by atoms with van der Waals surface area (Å²) in [5, 5.41) is 14.9. The van der Waals surface area contributed by atoms with E-state index in [1.54, 1.807) is 23.6 Å². The number of non-ortho nitro benzene ring substituents is 1. The Hall–Kier alpha value is -3.61. The van der Waals surface area contributed by atoms with E-state index in [1.807, 2.05) is 12.1 Å². The number of fused-ring (bicyclic) bond motifs is 1.